The van der Waals surface area contributed by atoms with Gasteiger partial charge < -0.3 is 19.8 Å². The van der Waals surface area contributed by atoms with E-state index in [0.717, 1.165) is 5.56 Å². The summed E-state index contributed by atoms with van der Waals surface area (Å²) in [6.45, 7) is 2.69. The van der Waals surface area contributed by atoms with Crippen LogP contribution in [0.4, 0.5) is 0 Å². The number of nitrogens with zero attached hydrogens (tertiary/aromatic N) is 1. The van der Waals surface area contributed by atoms with Gasteiger partial charge in [0.25, 0.3) is 11.7 Å². The number of amides is 1. The van der Waals surface area contributed by atoms with Crippen LogP contribution in [-0.2, 0) is 14.3 Å². The lowest BCUT2D eigenvalue weighted by molar-refractivity contribution is -0.140. The third kappa shape index (κ3) is 3.77. The summed E-state index contributed by atoms with van der Waals surface area (Å²) >= 11 is 0. The van der Waals surface area contributed by atoms with Gasteiger partial charge >= 0.3 is 0 Å². The number of ether oxygens (including phenoxy) is 1. The molecule has 1 amide bonds. The number of carbonyl (C=O) groups excluding carboxylic acids is 2. The Morgan fingerprint density at radius 1 is 1.07 bits per heavy atom. The van der Waals surface area contributed by atoms with Gasteiger partial charge in [0.2, 0.25) is 0 Å². The third-order valence-electron chi connectivity index (χ3n) is 4.82. The highest BCUT2D eigenvalue weighted by Crippen LogP contribution is 2.39. The van der Waals surface area contributed by atoms with Crippen LogP contribution < -0.4 is 0 Å². The number of benzene rings is 2. The van der Waals surface area contributed by atoms with E-state index in [1.54, 1.807) is 31.4 Å². The molecule has 0 saturated carbocycles. The van der Waals surface area contributed by atoms with E-state index in [1.165, 1.54) is 17.0 Å². The molecule has 0 radical (unpaired) electrons. The number of aliphatic hydroxyl groups is 1. The number of rotatable bonds is 6. The number of phenolic OH excluding ortho intramolecular Hbond substituents is 1. The van der Waals surface area contributed by atoms with E-state index in [-0.39, 0.29) is 17.1 Å². The number of aromatic hydroxyl groups is 1. The van der Waals surface area contributed by atoms with Gasteiger partial charge in [0.15, 0.2) is 0 Å². The molecule has 6 nitrogen and oxygen atoms in total. The average Bonchev–Trinajstić information content (AvgIpc) is 2.94. The molecule has 2 N–H and O–H groups in total. The summed E-state index contributed by atoms with van der Waals surface area (Å²) in [6, 6.07) is 12.7. The fourth-order valence-corrected chi connectivity index (χ4v) is 3.36. The molecule has 0 unspecified atom stereocenters. The van der Waals surface area contributed by atoms with E-state index in [4.69, 9.17) is 4.74 Å². The number of hydrogen-bond acceptors (Lipinski definition) is 5. The van der Waals surface area contributed by atoms with E-state index < -0.39 is 17.7 Å². The Morgan fingerprint density at radius 2 is 1.71 bits per heavy atom. The number of carbonyl (C=O) groups is 2. The molecule has 2 aromatic rings. The zero-order valence-corrected chi connectivity index (χ0v) is 15.9. The molecule has 28 heavy (non-hydrogen) atoms. The van der Waals surface area contributed by atoms with Crippen molar-refractivity contribution in [1.82, 2.24) is 4.90 Å². The molecule has 1 atom stereocenters. The van der Waals surface area contributed by atoms with Crippen LogP contribution >= 0.6 is 0 Å². The van der Waals surface area contributed by atoms with Gasteiger partial charge in [0.1, 0.15) is 11.5 Å². The van der Waals surface area contributed by atoms with Crippen molar-refractivity contribution in [2.45, 2.75) is 19.4 Å². The highest BCUT2D eigenvalue weighted by atomic mass is 16.5. The van der Waals surface area contributed by atoms with E-state index in [9.17, 15) is 19.8 Å². The summed E-state index contributed by atoms with van der Waals surface area (Å²) in [4.78, 5) is 26.9. The molecule has 3 rings (SSSR count). The maximum Gasteiger partial charge on any atom is 0.295 e. The second-order valence-corrected chi connectivity index (χ2v) is 6.80. The topological polar surface area (TPSA) is 87.1 Å². The molecular weight excluding hydrogens is 358 g/mol. The predicted octanol–water partition coefficient (Wildman–Crippen LogP) is 3.16. The monoisotopic (exact) mass is 381 g/mol. The summed E-state index contributed by atoms with van der Waals surface area (Å²) in [5, 5.41) is 20.5. The molecule has 146 valence electrons. The number of likely N-dealkylation sites (tertiary alicyclic amines) is 1. The van der Waals surface area contributed by atoms with E-state index >= 15 is 0 Å². The van der Waals surface area contributed by atoms with Crippen molar-refractivity contribution in [3.05, 3.63) is 70.8 Å². The molecule has 1 saturated heterocycles. The maximum atomic E-state index is 12.8. The minimum atomic E-state index is -0.723. The molecule has 1 heterocycles. The standard InChI is InChI=1S/C22H23NO5/c1-14-4-6-16(7-5-14)20(25)18-19(15-8-10-17(24)11-9-15)23(12-3-13-28-2)22(27)21(18)26/h4-11,19,24-25H,3,12-13H2,1-2H3/t19-/m1/s1. The molecule has 1 fully saturated rings. The van der Waals surface area contributed by atoms with Gasteiger partial charge in [-0.15, -0.1) is 0 Å². The minimum Gasteiger partial charge on any atom is -0.508 e. The third-order valence-corrected chi connectivity index (χ3v) is 4.82. The maximum absolute atomic E-state index is 12.8. The van der Waals surface area contributed by atoms with E-state index in [2.05, 4.69) is 0 Å². The summed E-state index contributed by atoms with van der Waals surface area (Å²) in [7, 11) is 1.57. The summed E-state index contributed by atoms with van der Waals surface area (Å²) < 4.78 is 5.06. The molecule has 1 aliphatic rings. The predicted molar refractivity (Wildman–Crippen MR) is 105 cm³/mol. The number of aliphatic hydroxyl groups excluding tert-OH is 1. The van der Waals surface area contributed by atoms with Gasteiger partial charge in [-0.1, -0.05) is 42.0 Å². The minimum absolute atomic E-state index is 0.0527. The number of hydrogen-bond donors (Lipinski definition) is 2. The highest BCUT2D eigenvalue weighted by molar-refractivity contribution is 6.46. The summed E-state index contributed by atoms with van der Waals surface area (Å²) in [6.07, 6.45) is 0.558. The normalized spacial score (nSPS) is 18.6. The van der Waals surface area contributed by atoms with Gasteiger partial charge in [0.05, 0.1) is 11.6 Å². The van der Waals surface area contributed by atoms with Crippen molar-refractivity contribution >= 4 is 17.4 Å². The van der Waals surface area contributed by atoms with E-state index in [1.807, 2.05) is 19.1 Å². The van der Waals surface area contributed by atoms with Crippen LogP contribution in [0, 0.1) is 6.92 Å². The molecule has 0 aliphatic carbocycles. The number of Topliss-reactive ketones (excluding diaryl/α,β-unsaturated/α-hetero) is 1. The largest absolute Gasteiger partial charge is 0.508 e. The lowest BCUT2D eigenvalue weighted by Gasteiger charge is -2.25. The Bertz CT molecular complexity index is 900. The molecule has 1 aliphatic heterocycles. The van der Waals surface area contributed by atoms with Crippen molar-refractivity contribution in [1.29, 1.82) is 0 Å². The first-order valence-corrected chi connectivity index (χ1v) is 9.07. The second-order valence-electron chi connectivity index (χ2n) is 6.80. The van der Waals surface area contributed by atoms with Crippen LogP contribution in [0.25, 0.3) is 5.76 Å². The quantitative estimate of drug-likeness (QED) is 0.347. The Kier molecular flexibility index (Phi) is 5.80. The van der Waals surface area contributed by atoms with Gasteiger partial charge in [-0.2, -0.15) is 0 Å². The SMILES string of the molecule is COCCCN1C(=O)C(=O)C(=C(O)c2ccc(C)cc2)[C@H]1c1ccc(O)cc1. The smallest absolute Gasteiger partial charge is 0.295 e. The van der Waals surface area contributed by atoms with Gasteiger partial charge in [-0.3, -0.25) is 9.59 Å². The summed E-state index contributed by atoms with van der Waals surface area (Å²) in [5.41, 5.74) is 2.19. The van der Waals surface area contributed by atoms with Crippen LogP contribution in [0.5, 0.6) is 5.75 Å². The van der Waals surface area contributed by atoms with Gasteiger partial charge in [-0.05, 0) is 31.0 Å². The van der Waals surface area contributed by atoms with Crippen molar-refractivity contribution in [3.8, 4) is 5.75 Å². The first-order valence-electron chi connectivity index (χ1n) is 9.07. The lowest BCUT2D eigenvalue weighted by Crippen LogP contribution is -2.31. The van der Waals surface area contributed by atoms with Crippen molar-refractivity contribution in [2.24, 2.45) is 0 Å². The van der Waals surface area contributed by atoms with E-state index in [0.29, 0.717) is 30.7 Å². The Labute approximate surface area is 163 Å². The second kappa shape index (κ2) is 8.27. The fourth-order valence-electron chi connectivity index (χ4n) is 3.36. The highest BCUT2D eigenvalue weighted by Gasteiger charge is 2.45. The number of methoxy groups -OCH3 is 1. The Hall–Kier alpha value is -3.12. The molecule has 2 aromatic carbocycles. The fraction of sp³-hybridized carbons (Fsp3) is 0.273. The first-order chi connectivity index (χ1) is 13.4. The molecular formula is C22H23NO5. The average molecular weight is 381 g/mol. The van der Waals surface area contributed by atoms with Gasteiger partial charge in [0, 0.05) is 25.8 Å². The summed E-state index contributed by atoms with van der Waals surface area (Å²) in [5.74, 6) is -1.49. The Balaban J connectivity index is 2.10. The van der Waals surface area contributed by atoms with Crippen molar-refractivity contribution in [2.75, 3.05) is 20.3 Å². The van der Waals surface area contributed by atoms with Crippen LogP contribution in [0.15, 0.2) is 54.1 Å². The molecule has 0 spiro atoms. The van der Waals surface area contributed by atoms with Gasteiger partial charge in [-0.25, -0.2) is 0 Å². The first kappa shape index (κ1) is 19.6. The van der Waals surface area contributed by atoms with Crippen molar-refractivity contribution in [3.63, 3.8) is 0 Å². The number of phenols is 1. The van der Waals surface area contributed by atoms with Crippen molar-refractivity contribution < 1.29 is 24.5 Å². The molecule has 6 heteroatoms. The molecule has 0 aromatic heterocycles. The Morgan fingerprint density at radius 3 is 2.32 bits per heavy atom. The number of aryl methyl sites for hydroxylation is 1. The van der Waals surface area contributed by atoms with Crippen LogP contribution in [0.2, 0.25) is 0 Å². The zero-order chi connectivity index (χ0) is 20.3. The lowest BCUT2D eigenvalue weighted by atomic mass is 9.95. The molecule has 0 bridgehead atoms. The van der Waals surface area contributed by atoms with Crippen LogP contribution in [0.1, 0.15) is 29.2 Å². The zero-order valence-electron chi connectivity index (χ0n) is 15.9. The van der Waals surface area contributed by atoms with Crippen LogP contribution in [-0.4, -0.2) is 47.1 Å². The van der Waals surface area contributed by atoms with Crippen LogP contribution in [0.3, 0.4) is 0 Å². The number of ketones is 1.